The van der Waals surface area contributed by atoms with Crippen LogP contribution in [0.25, 0.3) is 0 Å². The predicted molar refractivity (Wildman–Crippen MR) is 51.7 cm³/mol. The van der Waals surface area contributed by atoms with Crippen molar-refractivity contribution >= 4 is 5.78 Å². The van der Waals surface area contributed by atoms with Crippen LogP contribution in [0.2, 0.25) is 0 Å². The maximum Gasteiger partial charge on any atom is 0.132 e. The number of ketones is 1. The molecule has 0 heterocycles. The Morgan fingerprint density at radius 3 is 2.15 bits per heavy atom. The molecule has 0 amide bonds. The minimum atomic E-state index is 0.133. The first-order chi connectivity index (χ1) is 6.31. The van der Waals surface area contributed by atoms with Crippen LogP contribution in [0.4, 0.5) is 0 Å². The predicted octanol–water partition coefficient (Wildman–Crippen LogP) is 1.53. The summed E-state index contributed by atoms with van der Waals surface area (Å²) in [6.07, 6.45) is 5.24. The lowest BCUT2D eigenvalue weighted by Crippen LogP contribution is -2.02. The minimum absolute atomic E-state index is 0.133. The quantitative estimate of drug-likeness (QED) is 0.683. The summed E-state index contributed by atoms with van der Waals surface area (Å²) in [6, 6.07) is 0. The Bertz CT molecular complexity index is 111. The van der Waals surface area contributed by atoms with Gasteiger partial charge in [0.15, 0.2) is 0 Å². The van der Waals surface area contributed by atoms with E-state index in [0.717, 1.165) is 25.7 Å². The summed E-state index contributed by atoms with van der Waals surface area (Å²) < 4.78 is 4.73. The lowest BCUT2D eigenvalue weighted by Gasteiger charge is -2.05. The van der Waals surface area contributed by atoms with Gasteiger partial charge in [-0.15, -0.1) is 0 Å². The molecule has 1 N–H and O–H groups in total. The highest BCUT2D eigenvalue weighted by Crippen LogP contribution is 2.12. The van der Waals surface area contributed by atoms with Gasteiger partial charge in [-0.25, -0.2) is 0 Å². The van der Waals surface area contributed by atoms with Crippen LogP contribution < -0.4 is 0 Å². The molecule has 0 saturated heterocycles. The molecular formula is C10H20O3. The van der Waals surface area contributed by atoms with Crippen molar-refractivity contribution in [1.29, 1.82) is 0 Å². The Morgan fingerprint density at radius 2 is 1.92 bits per heavy atom. The number of aliphatic hydroxyl groups excluding tert-OH is 1. The van der Waals surface area contributed by atoms with Gasteiger partial charge in [0.1, 0.15) is 5.78 Å². The number of carbonyl (C=O) groups excluding carboxylic acids is 1. The largest absolute Gasteiger partial charge is 0.394 e. The fraction of sp³-hybridized carbons (Fsp3) is 0.900. The maximum atomic E-state index is 10.5. The number of Topliss-reactive ketones (excluding diaryl/α,β-unsaturated/α-hetero) is 1. The number of aliphatic hydroxyl groups is 1. The van der Waals surface area contributed by atoms with Crippen molar-refractivity contribution in [1.82, 2.24) is 0 Å². The van der Waals surface area contributed by atoms with Crippen molar-refractivity contribution < 1.29 is 14.6 Å². The van der Waals surface area contributed by atoms with Gasteiger partial charge in [0, 0.05) is 19.4 Å². The van der Waals surface area contributed by atoms with E-state index in [9.17, 15) is 4.79 Å². The van der Waals surface area contributed by atoms with E-state index in [2.05, 4.69) is 0 Å². The number of carbonyl (C=O) groups is 1. The van der Waals surface area contributed by atoms with E-state index in [0.29, 0.717) is 19.0 Å². The molecule has 1 rings (SSSR count). The van der Waals surface area contributed by atoms with Gasteiger partial charge >= 0.3 is 0 Å². The van der Waals surface area contributed by atoms with Crippen LogP contribution in [-0.4, -0.2) is 30.7 Å². The highest BCUT2D eigenvalue weighted by Gasteiger charge is 2.05. The monoisotopic (exact) mass is 188 g/mol. The Balaban J connectivity index is 0.000000226. The standard InChI is InChI=1S/C6H10O.C4H10O2/c7-6-4-2-1-3-5-6;1-2-6-4-3-5/h1-5H2;5H,2-4H2,1H3. The molecule has 0 aromatic rings. The van der Waals surface area contributed by atoms with Crippen LogP contribution in [0.3, 0.4) is 0 Å². The van der Waals surface area contributed by atoms with Gasteiger partial charge < -0.3 is 9.84 Å². The molecule has 78 valence electrons. The van der Waals surface area contributed by atoms with Gasteiger partial charge in [0.25, 0.3) is 0 Å². The molecule has 0 radical (unpaired) electrons. The van der Waals surface area contributed by atoms with Gasteiger partial charge in [0.2, 0.25) is 0 Å². The Labute approximate surface area is 80.1 Å². The van der Waals surface area contributed by atoms with Gasteiger partial charge in [-0.1, -0.05) is 6.42 Å². The van der Waals surface area contributed by atoms with Gasteiger partial charge in [-0.3, -0.25) is 4.79 Å². The first-order valence-electron chi connectivity index (χ1n) is 5.01. The summed E-state index contributed by atoms with van der Waals surface area (Å²) in [5, 5.41) is 8.07. The molecule has 0 aliphatic heterocycles. The molecule has 0 spiro atoms. The van der Waals surface area contributed by atoms with Crippen LogP contribution in [0.1, 0.15) is 39.0 Å². The van der Waals surface area contributed by atoms with Gasteiger partial charge in [-0.05, 0) is 19.8 Å². The topological polar surface area (TPSA) is 46.5 Å². The third-order valence-electron chi connectivity index (χ3n) is 1.85. The SMILES string of the molecule is CCOCCO.O=C1CCCCC1. The summed E-state index contributed by atoms with van der Waals surface area (Å²) in [7, 11) is 0. The van der Waals surface area contributed by atoms with E-state index in [4.69, 9.17) is 9.84 Å². The van der Waals surface area contributed by atoms with E-state index >= 15 is 0 Å². The van der Waals surface area contributed by atoms with Crippen molar-refractivity contribution in [3.8, 4) is 0 Å². The van der Waals surface area contributed by atoms with Crippen LogP contribution in [-0.2, 0) is 9.53 Å². The fourth-order valence-corrected chi connectivity index (χ4v) is 1.16. The summed E-state index contributed by atoms with van der Waals surface area (Å²) in [6.45, 7) is 3.20. The van der Waals surface area contributed by atoms with Crippen LogP contribution in [0, 0.1) is 0 Å². The van der Waals surface area contributed by atoms with Gasteiger partial charge in [0.05, 0.1) is 13.2 Å². The highest BCUT2D eigenvalue weighted by molar-refractivity contribution is 5.78. The number of hydrogen-bond donors (Lipinski definition) is 1. The highest BCUT2D eigenvalue weighted by atomic mass is 16.5. The number of ether oxygens (including phenoxy) is 1. The zero-order valence-electron chi connectivity index (χ0n) is 8.42. The van der Waals surface area contributed by atoms with E-state index in [-0.39, 0.29) is 6.61 Å². The lowest BCUT2D eigenvalue weighted by molar-refractivity contribution is -0.120. The summed E-state index contributed by atoms with van der Waals surface area (Å²) >= 11 is 0. The Morgan fingerprint density at radius 1 is 1.31 bits per heavy atom. The lowest BCUT2D eigenvalue weighted by atomic mass is 10.00. The zero-order chi connectivity index (χ0) is 9.94. The molecule has 3 heteroatoms. The van der Waals surface area contributed by atoms with Crippen LogP contribution in [0.15, 0.2) is 0 Å². The third-order valence-corrected chi connectivity index (χ3v) is 1.85. The molecule has 0 atom stereocenters. The second-order valence-electron chi connectivity index (χ2n) is 3.02. The molecule has 0 unspecified atom stereocenters. The normalized spacial score (nSPS) is 16.3. The molecule has 1 saturated carbocycles. The number of hydrogen-bond acceptors (Lipinski definition) is 3. The smallest absolute Gasteiger partial charge is 0.132 e. The summed E-state index contributed by atoms with van der Waals surface area (Å²) in [4.78, 5) is 10.5. The third kappa shape index (κ3) is 9.50. The van der Waals surface area contributed by atoms with Crippen LogP contribution in [0.5, 0.6) is 0 Å². The molecule has 1 fully saturated rings. The first kappa shape index (κ1) is 12.6. The fourth-order valence-electron chi connectivity index (χ4n) is 1.16. The summed E-state index contributed by atoms with van der Waals surface area (Å²) in [5.41, 5.74) is 0. The van der Waals surface area contributed by atoms with Crippen molar-refractivity contribution in [3.63, 3.8) is 0 Å². The average molecular weight is 188 g/mol. The van der Waals surface area contributed by atoms with E-state index in [1.165, 1.54) is 6.42 Å². The molecule has 1 aliphatic rings. The first-order valence-corrected chi connectivity index (χ1v) is 5.01. The van der Waals surface area contributed by atoms with Crippen molar-refractivity contribution in [3.05, 3.63) is 0 Å². The second-order valence-corrected chi connectivity index (χ2v) is 3.02. The molecule has 3 nitrogen and oxygen atoms in total. The second kappa shape index (κ2) is 9.68. The van der Waals surface area contributed by atoms with Gasteiger partial charge in [-0.2, -0.15) is 0 Å². The van der Waals surface area contributed by atoms with E-state index in [1.54, 1.807) is 0 Å². The van der Waals surface area contributed by atoms with Crippen molar-refractivity contribution in [2.24, 2.45) is 0 Å². The molecule has 0 aromatic heterocycles. The van der Waals surface area contributed by atoms with Crippen LogP contribution >= 0.6 is 0 Å². The van der Waals surface area contributed by atoms with Crippen molar-refractivity contribution in [2.45, 2.75) is 39.0 Å². The molecule has 0 aromatic carbocycles. The maximum absolute atomic E-state index is 10.5. The zero-order valence-corrected chi connectivity index (χ0v) is 8.42. The minimum Gasteiger partial charge on any atom is -0.394 e. The Hall–Kier alpha value is -0.410. The Kier molecular flexibility index (Phi) is 9.37. The number of rotatable bonds is 3. The summed E-state index contributed by atoms with van der Waals surface area (Å²) in [5.74, 6) is 0.464. The molecule has 1 aliphatic carbocycles. The molecule has 0 bridgehead atoms. The van der Waals surface area contributed by atoms with Crippen molar-refractivity contribution in [2.75, 3.05) is 19.8 Å². The van der Waals surface area contributed by atoms with E-state index in [1.807, 2.05) is 6.92 Å². The average Bonchev–Trinajstić information content (AvgIpc) is 2.17. The molecule has 13 heavy (non-hydrogen) atoms. The van der Waals surface area contributed by atoms with E-state index < -0.39 is 0 Å². The molecular weight excluding hydrogens is 168 g/mol.